The Kier molecular flexibility index (Phi) is 4.64. The number of carbonyl (C=O) groups excluding carboxylic acids is 1. The average Bonchev–Trinajstić information content (AvgIpc) is 2.85. The normalized spacial score (nSPS) is 14.0. The van der Waals surface area contributed by atoms with Gasteiger partial charge in [0.1, 0.15) is 5.82 Å². The molecule has 24 heavy (non-hydrogen) atoms. The van der Waals surface area contributed by atoms with Crippen LogP contribution in [0.25, 0.3) is 0 Å². The zero-order chi connectivity index (χ0) is 17.2. The minimum Gasteiger partial charge on any atom is -0.311 e. The van der Waals surface area contributed by atoms with Crippen LogP contribution in [0.3, 0.4) is 0 Å². The van der Waals surface area contributed by atoms with Gasteiger partial charge in [0.05, 0.1) is 12.2 Å². The number of nitrogens with zero attached hydrogens (tertiary/aromatic N) is 1. The summed E-state index contributed by atoms with van der Waals surface area (Å²) in [6, 6.07) is 12.8. The number of benzene rings is 2. The fourth-order valence-electron chi connectivity index (χ4n) is 2.73. The van der Waals surface area contributed by atoms with E-state index < -0.39 is 15.8 Å². The quantitative estimate of drug-likeness (QED) is 0.866. The summed E-state index contributed by atoms with van der Waals surface area (Å²) >= 11 is 0. The van der Waals surface area contributed by atoms with E-state index in [9.17, 15) is 17.6 Å². The Bertz CT molecular complexity index is 850. The Morgan fingerprint density at radius 3 is 2.54 bits per heavy atom. The van der Waals surface area contributed by atoms with Crippen molar-refractivity contribution in [3.8, 4) is 0 Å². The number of amides is 1. The fraction of sp³-hybridized carbons (Fsp3) is 0.235. The summed E-state index contributed by atoms with van der Waals surface area (Å²) in [6.07, 6.45) is 0.346. The minimum atomic E-state index is -3.54. The number of fused-ring (bicyclic) bond motifs is 1. The van der Waals surface area contributed by atoms with Crippen molar-refractivity contribution in [1.29, 1.82) is 0 Å². The first-order chi connectivity index (χ1) is 11.4. The molecule has 2 aromatic carbocycles. The van der Waals surface area contributed by atoms with Gasteiger partial charge in [0.15, 0.2) is 0 Å². The minimum absolute atomic E-state index is 0.0334. The first-order valence-corrected chi connectivity index (χ1v) is 9.20. The lowest BCUT2D eigenvalue weighted by Gasteiger charge is -2.17. The summed E-state index contributed by atoms with van der Waals surface area (Å²) in [7, 11) is -3.54. The van der Waals surface area contributed by atoms with Crippen LogP contribution in [0.2, 0.25) is 0 Å². The summed E-state index contributed by atoms with van der Waals surface area (Å²) in [5.74, 6) is -0.665. The molecule has 1 amide bonds. The highest BCUT2D eigenvalue weighted by Crippen LogP contribution is 2.27. The van der Waals surface area contributed by atoms with E-state index in [-0.39, 0.29) is 24.7 Å². The second-order valence-corrected chi connectivity index (χ2v) is 7.44. The molecule has 126 valence electrons. The molecular weight excluding hydrogens is 331 g/mol. The van der Waals surface area contributed by atoms with E-state index in [2.05, 4.69) is 4.72 Å². The first kappa shape index (κ1) is 16.6. The Morgan fingerprint density at radius 2 is 1.79 bits per heavy atom. The second-order valence-electron chi connectivity index (χ2n) is 5.63. The maximum atomic E-state index is 12.9. The lowest BCUT2D eigenvalue weighted by atomic mass is 10.2. The molecule has 0 unspecified atom stereocenters. The zero-order valence-electron chi connectivity index (χ0n) is 12.9. The molecule has 1 heterocycles. The van der Waals surface area contributed by atoms with Crippen molar-refractivity contribution in [3.05, 3.63) is 65.5 Å². The SMILES string of the molecule is O=C1Cc2ccccc2N1CCNS(=O)(=O)Cc1ccc(F)cc1. The number of nitrogens with one attached hydrogen (secondary N) is 1. The van der Waals surface area contributed by atoms with Gasteiger partial charge < -0.3 is 4.90 Å². The van der Waals surface area contributed by atoms with E-state index in [0.29, 0.717) is 12.0 Å². The molecule has 0 saturated heterocycles. The number of anilines is 1. The van der Waals surface area contributed by atoms with E-state index in [1.54, 1.807) is 4.90 Å². The predicted octanol–water partition coefficient (Wildman–Crippen LogP) is 1.83. The van der Waals surface area contributed by atoms with Gasteiger partial charge in [0, 0.05) is 18.8 Å². The van der Waals surface area contributed by atoms with Crippen molar-refractivity contribution in [2.45, 2.75) is 12.2 Å². The van der Waals surface area contributed by atoms with E-state index >= 15 is 0 Å². The highest BCUT2D eigenvalue weighted by atomic mass is 32.2. The van der Waals surface area contributed by atoms with Crippen LogP contribution in [0.1, 0.15) is 11.1 Å². The van der Waals surface area contributed by atoms with Crippen molar-refractivity contribution in [3.63, 3.8) is 0 Å². The molecule has 0 spiro atoms. The molecule has 0 bridgehead atoms. The summed E-state index contributed by atoms with van der Waals surface area (Å²) in [6.45, 7) is 0.405. The Balaban J connectivity index is 1.58. The Hall–Kier alpha value is -2.25. The number of hydrogen-bond donors (Lipinski definition) is 1. The number of sulfonamides is 1. The summed E-state index contributed by atoms with van der Waals surface area (Å²) in [4.78, 5) is 13.6. The van der Waals surface area contributed by atoms with Crippen molar-refractivity contribution in [2.75, 3.05) is 18.0 Å². The van der Waals surface area contributed by atoms with Gasteiger partial charge in [0.2, 0.25) is 15.9 Å². The van der Waals surface area contributed by atoms with Crippen molar-refractivity contribution < 1.29 is 17.6 Å². The van der Waals surface area contributed by atoms with Crippen LogP contribution in [-0.4, -0.2) is 27.4 Å². The second kappa shape index (κ2) is 6.70. The van der Waals surface area contributed by atoms with Crippen LogP contribution in [0.15, 0.2) is 48.5 Å². The summed E-state index contributed by atoms with van der Waals surface area (Å²) in [5.41, 5.74) is 2.29. The third-order valence-electron chi connectivity index (χ3n) is 3.85. The zero-order valence-corrected chi connectivity index (χ0v) is 13.7. The highest BCUT2D eigenvalue weighted by molar-refractivity contribution is 7.88. The maximum absolute atomic E-state index is 12.9. The van der Waals surface area contributed by atoms with Gasteiger partial charge in [-0.15, -0.1) is 0 Å². The van der Waals surface area contributed by atoms with Crippen molar-refractivity contribution in [2.24, 2.45) is 0 Å². The average molecular weight is 348 g/mol. The third kappa shape index (κ3) is 3.80. The van der Waals surface area contributed by atoms with Gasteiger partial charge in [0.25, 0.3) is 0 Å². The molecule has 2 aromatic rings. The van der Waals surface area contributed by atoms with Crippen LogP contribution >= 0.6 is 0 Å². The first-order valence-electron chi connectivity index (χ1n) is 7.55. The van der Waals surface area contributed by atoms with Crippen LogP contribution in [0.4, 0.5) is 10.1 Å². The van der Waals surface area contributed by atoms with Gasteiger partial charge in [-0.2, -0.15) is 0 Å². The maximum Gasteiger partial charge on any atom is 0.231 e. The largest absolute Gasteiger partial charge is 0.311 e. The molecule has 0 saturated carbocycles. The summed E-state index contributed by atoms with van der Waals surface area (Å²) in [5, 5.41) is 0. The number of carbonyl (C=O) groups is 1. The molecule has 0 aromatic heterocycles. The molecule has 7 heteroatoms. The molecule has 5 nitrogen and oxygen atoms in total. The predicted molar refractivity (Wildman–Crippen MR) is 89.5 cm³/mol. The summed E-state index contributed by atoms with van der Waals surface area (Å²) < 4.78 is 39.5. The monoisotopic (exact) mass is 348 g/mol. The van der Waals surface area contributed by atoms with Gasteiger partial charge in [-0.05, 0) is 29.3 Å². The van der Waals surface area contributed by atoms with Crippen LogP contribution in [0, 0.1) is 5.82 Å². The smallest absolute Gasteiger partial charge is 0.231 e. The van der Waals surface area contributed by atoms with Gasteiger partial charge in [-0.25, -0.2) is 17.5 Å². The van der Waals surface area contributed by atoms with Crippen LogP contribution in [0.5, 0.6) is 0 Å². The number of para-hydroxylation sites is 1. The van der Waals surface area contributed by atoms with Gasteiger partial charge in [-0.3, -0.25) is 4.79 Å². The fourth-order valence-corrected chi connectivity index (χ4v) is 3.86. The van der Waals surface area contributed by atoms with E-state index in [1.165, 1.54) is 24.3 Å². The lowest BCUT2D eigenvalue weighted by molar-refractivity contribution is -0.117. The number of halogens is 1. The van der Waals surface area contributed by atoms with E-state index in [4.69, 9.17) is 0 Å². The standard InChI is InChI=1S/C17H17FN2O3S/c18-15-7-5-13(6-8-15)12-24(22,23)19-9-10-20-16-4-2-1-3-14(16)11-17(20)21/h1-8,19H,9-12H2. The van der Waals surface area contributed by atoms with Crippen LogP contribution in [-0.2, 0) is 27.0 Å². The van der Waals surface area contributed by atoms with Crippen molar-refractivity contribution in [1.82, 2.24) is 4.72 Å². The molecule has 0 fully saturated rings. The third-order valence-corrected chi connectivity index (χ3v) is 5.21. The molecule has 0 atom stereocenters. The molecule has 1 N–H and O–H groups in total. The van der Waals surface area contributed by atoms with Crippen molar-refractivity contribution >= 4 is 21.6 Å². The van der Waals surface area contributed by atoms with E-state index in [0.717, 1.165) is 11.3 Å². The highest BCUT2D eigenvalue weighted by Gasteiger charge is 2.26. The van der Waals surface area contributed by atoms with Gasteiger partial charge in [-0.1, -0.05) is 30.3 Å². The Morgan fingerprint density at radius 1 is 1.08 bits per heavy atom. The molecule has 1 aliphatic heterocycles. The topological polar surface area (TPSA) is 66.5 Å². The lowest BCUT2D eigenvalue weighted by Crippen LogP contribution is -2.37. The van der Waals surface area contributed by atoms with E-state index in [1.807, 2.05) is 24.3 Å². The molecular formula is C17H17FN2O3S. The Labute approximate surface area is 140 Å². The molecule has 3 rings (SSSR count). The number of rotatable bonds is 6. The molecule has 0 aliphatic carbocycles. The van der Waals surface area contributed by atoms with Gasteiger partial charge >= 0.3 is 0 Å². The van der Waals surface area contributed by atoms with Crippen LogP contribution < -0.4 is 9.62 Å². The molecule has 0 radical (unpaired) electrons. The molecule has 1 aliphatic rings. The number of hydrogen-bond acceptors (Lipinski definition) is 3.